The third-order valence-corrected chi connectivity index (χ3v) is 7.87. The second-order valence-corrected chi connectivity index (χ2v) is 10.9. The number of ether oxygens (including phenoxy) is 2. The molecule has 45 heavy (non-hydrogen) atoms. The number of rotatable bonds is 11. The average molecular weight is 612 g/mol. The molecule has 2 N–H and O–H groups in total. The minimum Gasteiger partial charge on any atom is -0.493 e. The summed E-state index contributed by atoms with van der Waals surface area (Å²) in [5.41, 5.74) is 4.35. The molecule has 11 heteroatoms. The summed E-state index contributed by atoms with van der Waals surface area (Å²) < 4.78 is 11.6. The first kappa shape index (κ1) is 31.2. The number of nitrogens with one attached hydrogen (secondary N) is 2. The van der Waals surface area contributed by atoms with E-state index in [1.165, 1.54) is 11.0 Å². The number of nitrogens with zero attached hydrogens (tertiary/aromatic N) is 3. The molecule has 1 saturated heterocycles. The summed E-state index contributed by atoms with van der Waals surface area (Å²) in [6.45, 7) is 4.77. The number of amides is 4. The first-order valence-electron chi connectivity index (χ1n) is 15.0. The Morgan fingerprint density at radius 2 is 2.00 bits per heavy atom. The van der Waals surface area contributed by atoms with Crippen molar-refractivity contribution in [3.8, 4) is 11.5 Å². The fourth-order valence-electron chi connectivity index (χ4n) is 5.73. The first-order chi connectivity index (χ1) is 21.7. The fraction of sp³-hybridized carbons (Fsp3) is 0.324. The zero-order chi connectivity index (χ0) is 32.1. The SMILES string of the molecule is CCCc1cc(N(C)c2ncccc2/C=C/C(=O)Nc2ccc3c(c2)CN(C2CCC(=O)NC2=O)C3=O)cc(OCC)c1OC. The number of hydrogen-bond donors (Lipinski definition) is 2. The maximum absolute atomic E-state index is 13.0. The molecular formula is C34H37N5O6. The van der Waals surface area contributed by atoms with Crippen LogP contribution in [-0.4, -0.2) is 60.3 Å². The summed E-state index contributed by atoms with van der Waals surface area (Å²) in [6, 6.07) is 12.0. The highest BCUT2D eigenvalue weighted by molar-refractivity contribution is 6.06. The van der Waals surface area contributed by atoms with Crippen LogP contribution in [0.25, 0.3) is 6.08 Å². The molecule has 11 nitrogen and oxygen atoms in total. The van der Waals surface area contributed by atoms with Gasteiger partial charge < -0.3 is 24.6 Å². The highest BCUT2D eigenvalue weighted by Crippen LogP contribution is 2.39. The maximum Gasteiger partial charge on any atom is 0.255 e. The van der Waals surface area contributed by atoms with Gasteiger partial charge in [-0.2, -0.15) is 0 Å². The van der Waals surface area contributed by atoms with Gasteiger partial charge in [-0.1, -0.05) is 13.3 Å². The Bertz CT molecular complexity index is 1640. The lowest BCUT2D eigenvalue weighted by atomic mass is 10.0. The van der Waals surface area contributed by atoms with E-state index in [9.17, 15) is 19.2 Å². The van der Waals surface area contributed by atoms with Gasteiger partial charge in [0.25, 0.3) is 5.91 Å². The second-order valence-electron chi connectivity index (χ2n) is 10.9. The van der Waals surface area contributed by atoms with Crippen molar-refractivity contribution in [2.45, 2.75) is 52.1 Å². The lowest BCUT2D eigenvalue weighted by molar-refractivity contribution is -0.136. The number of carbonyl (C=O) groups excluding carboxylic acids is 4. The molecule has 234 valence electrons. The number of piperidine rings is 1. The normalized spacial score (nSPS) is 16.0. The summed E-state index contributed by atoms with van der Waals surface area (Å²) >= 11 is 0. The maximum atomic E-state index is 13.0. The van der Waals surface area contributed by atoms with Gasteiger partial charge >= 0.3 is 0 Å². The molecule has 4 amide bonds. The molecule has 5 rings (SSSR count). The molecule has 3 aromatic rings. The Kier molecular flexibility index (Phi) is 9.46. The van der Waals surface area contributed by atoms with E-state index in [0.29, 0.717) is 35.0 Å². The number of carbonyl (C=O) groups is 4. The van der Waals surface area contributed by atoms with Crippen molar-refractivity contribution in [1.82, 2.24) is 15.2 Å². The number of fused-ring (bicyclic) bond motifs is 1. The molecule has 1 aromatic heterocycles. The van der Waals surface area contributed by atoms with Crippen molar-refractivity contribution in [1.29, 1.82) is 0 Å². The highest BCUT2D eigenvalue weighted by atomic mass is 16.5. The summed E-state index contributed by atoms with van der Waals surface area (Å²) in [4.78, 5) is 57.8. The van der Waals surface area contributed by atoms with Crippen molar-refractivity contribution in [3.63, 3.8) is 0 Å². The van der Waals surface area contributed by atoms with Crippen LogP contribution in [0.3, 0.4) is 0 Å². The Balaban J connectivity index is 1.31. The molecular weight excluding hydrogens is 574 g/mol. The zero-order valence-corrected chi connectivity index (χ0v) is 25.9. The Morgan fingerprint density at radius 3 is 2.73 bits per heavy atom. The minimum atomic E-state index is -0.697. The number of methoxy groups -OCH3 is 1. The number of benzene rings is 2. The molecule has 0 bridgehead atoms. The van der Waals surface area contributed by atoms with E-state index in [1.54, 1.807) is 37.6 Å². The molecule has 3 heterocycles. The van der Waals surface area contributed by atoms with Crippen molar-refractivity contribution in [3.05, 3.63) is 77.0 Å². The van der Waals surface area contributed by atoms with Crippen molar-refractivity contribution in [2.75, 3.05) is 31.0 Å². The third kappa shape index (κ3) is 6.67. The number of aromatic nitrogens is 1. The third-order valence-electron chi connectivity index (χ3n) is 7.87. The van der Waals surface area contributed by atoms with Crippen LogP contribution in [0, 0.1) is 0 Å². The van der Waals surface area contributed by atoms with Crippen molar-refractivity contribution >= 4 is 46.9 Å². The zero-order valence-electron chi connectivity index (χ0n) is 25.9. The van der Waals surface area contributed by atoms with E-state index in [-0.39, 0.29) is 37.1 Å². The van der Waals surface area contributed by atoms with Crippen LogP contribution in [0.15, 0.2) is 54.7 Å². The Labute approximate surface area is 262 Å². The molecule has 1 unspecified atom stereocenters. The monoisotopic (exact) mass is 611 g/mol. The summed E-state index contributed by atoms with van der Waals surface area (Å²) in [7, 11) is 3.56. The van der Waals surface area contributed by atoms with Crippen molar-refractivity contribution < 1.29 is 28.7 Å². The van der Waals surface area contributed by atoms with Gasteiger partial charge in [0.05, 0.1) is 13.7 Å². The first-order valence-corrected chi connectivity index (χ1v) is 15.0. The van der Waals surface area contributed by atoms with Gasteiger partial charge in [0, 0.05) is 66.4 Å². The van der Waals surface area contributed by atoms with Crippen LogP contribution in [0.4, 0.5) is 17.2 Å². The van der Waals surface area contributed by atoms with Gasteiger partial charge in [-0.25, -0.2) is 4.98 Å². The summed E-state index contributed by atoms with van der Waals surface area (Å²) in [6.07, 6.45) is 7.09. The number of imide groups is 1. The van der Waals surface area contributed by atoms with Gasteiger partial charge in [0.2, 0.25) is 17.7 Å². The standard InChI is InChI=1S/C34H37N5O6/c1-5-8-22-18-25(19-28(45-6-2)31(22)44-4)38(3)32-21(9-7-16-35-32)10-14-29(40)36-24-11-12-26-23(17-24)20-39(34(26)43)27-13-15-30(41)37-33(27)42/h7,9-12,14,16-19,27H,5-6,8,13,15,20H2,1-4H3,(H,36,40)(H,37,41,42)/b14-10+. The molecule has 2 aromatic carbocycles. The van der Waals surface area contributed by atoms with Gasteiger partial charge in [0.15, 0.2) is 11.5 Å². The van der Waals surface area contributed by atoms with Crippen LogP contribution in [0.5, 0.6) is 11.5 Å². The molecule has 2 aliphatic rings. The fourth-order valence-corrected chi connectivity index (χ4v) is 5.73. The quantitative estimate of drug-likeness (QED) is 0.237. The van der Waals surface area contributed by atoms with E-state index >= 15 is 0 Å². The predicted octanol–water partition coefficient (Wildman–Crippen LogP) is 4.62. The lowest BCUT2D eigenvalue weighted by Gasteiger charge is -2.29. The van der Waals surface area contributed by atoms with E-state index in [1.807, 2.05) is 37.1 Å². The van der Waals surface area contributed by atoms with Crippen LogP contribution in [0.2, 0.25) is 0 Å². The van der Waals surface area contributed by atoms with Crippen LogP contribution in [0.1, 0.15) is 60.2 Å². The molecule has 2 aliphatic heterocycles. The number of aryl methyl sites for hydroxylation is 1. The minimum absolute atomic E-state index is 0.187. The van der Waals surface area contributed by atoms with E-state index < -0.39 is 11.9 Å². The summed E-state index contributed by atoms with van der Waals surface area (Å²) in [5.74, 6) is 0.631. The topological polar surface area (TPSA) is 130 Å². The average Bonchev–Trinajstić information content (AvgIpc) is 3.35. The lowest BCUT2D eigenvalue weighted by Crippen LogP contribution is -2.52. The number of pyridine rings is 1. The van der Waals surface area contributed by atoms with Crippen LogP contribution < -0.4 is 25.0 Å². The largest absolute Gasteiger partial charge is 0.493 e. The van der Waals surface area contributed by atoms with E-state index in [0.717, 1.165) is 35.4 Å². The second kappa shape index (κ2) is 13.6. The Hall–Kier alpha value is -5.19. The van der Waals surface area contributed by atoms with Gasteiger partial charge in [-0.05, 0) is 67.8 Å². The van der Waals surface area contributed by atoms with Crippen LogP contribution >= 0.6 is 0 Å². The van der Waals surface area contributed by atoms with E-state index in [4.69, 9.17) is 9.47 Å². The van der Waals surface area contributed by atoms with E-state index in [2.05, 4.69) is 28.6 Å². The van der Waals surface area contributed by atoms with Gasteiger partial charge in [-0.3, -0.25) is 24.5 Å². The Morgan fingerprint density at radius 1 is 1.18 bits per heavy atom. The number of hydrogen-bond acceptors (Lipinski definition) is 8. The molecule has 0 aliphatic carbocycles. The molecule has 0 saturated carbocycles. The smallest absolute Gasteiger partial charge is 0.255 e. The van der Waals surface area contributed by atoms with Gasteiger partial charge in [0.1, 0.15) is 11.9 Å². The van der Waals surface area contributed by atoms with Gasteiger partial charge in [-0.15, -0.1) is 0 Å². The molecule has 0 radical (unpaired) electrons. The van der Waals surface area contributed by atoms with Crippen LogP contribution in [-0.2, 0) is 27.3 Å². The molecule has 0 spiro atoms. The number of anilines is 3. The van der Waals surface area contributed by atoms with Crippen molar-refractivity contribution in [2.24, 2.45) is 0 Å². The highest BCUT2D eigenvalue weighted by Gasteiger charge is 2.39. The predicted molar refractivity (Wildman–Crippen MR) is 171 cm³/mol. The molecule has 1 atom stereocenters. The molecule has 1 fully saturated rings. The summed E-state index contributed by atoms with van der Waals surface area (Å²) in [5, 5.41) is 5.16.